The highest BCUT2D eigenvalue weighted by molar-refractivity contribution is 8.13. The van der Waals surface area contributed by atoms with Crippen LogP contribution in [0.4, 0.5) is 0 Å². The Morgan fingerprint density at radius 1 is 1.90 bits per heavy atom. The van der Waals surface area contributed by atoms with Gasteiger partial charge in [0, 0.05) is 6.54 Å². The van der Waals surface area contributed by atoms with Gasteiger partial charge >= 0.3 is 5.97 Å². The number of hydrogen-bond donors (Lipinski definition) is 0. The molecule has 0 saturated carbocycles. The molecule has 0 aromatic rings. The van der Waals surface area contributed by atoms with Gasteiger partial charge in [0.15, 0.2) is 0 Å². The van der Waals surface area contributed by atoms with Crippen molar-refractivity contribution >= 4 is 23.3 Å². The van der Waals surface area contributed by atoms with Crippen LogP contribution in [0.3, 0.4) is 0 Å². The molecular weight excluding hydrogens is 150 g/mol. The summed E-state index contributed by atoms with van der Waals surface area (Å²) in [5.74, 6) is -0.142. The van der Waals surface area contributed by atoms with Gasteiger partial charge in [-0.05, 0) is 6.42 Å². The van der Waals surface area contributed by atoms with E-state index in [1.165, 1.54) is 18.9 Å². The lowest BCUT2D eigenvalue weighted by atomic mass is 10.3. The molecule has 3 nitrogen and oxygen atoms in total. The summed E-state index contributed by atoms with van der Waals surface area (Å²) in [6.45, 7) is 0.743. The second-order valence-electron chi connectivity index (χ2n) is 1.95. The maximum absolute atomic E-state index is 10.9. The van der Waals surface area contributed by atoms with Gasteiger partial charge in [0.1, 0.15) is 5.25 Å². The van der Waals surface area contributed by atoms with Crippen LogP contribution in [0.15, 0.2) is 4.99 Å². The van der Waals surface area contributed by atoms with Crippen LogP contribution >= 0.6 is 11.8 Å². The first kappa shape index (κ1) is 7.60. The van der Waals surface area contributed by atoms with Gasteiger partial charge in [-0.2, -0.15) is 0 Å². The smallest absolute Gasteiger partial charge is 0.319 e. The van der Waals surface area contributed by atoms with Gasteiger partial charge in [-0.25, -0.2) is 0 Å². The van der Waals surface area contributed by atoms with Crippen molar-refractivity contribution in [3.05, 3.63) is 0 Å². The molecule has 56 valence electrons. The number of carbonyl (C=O) groups excluding carboxylic acids is 1. The fourth-order valence-electron chi connectivity index (χ4n) is 0.734. The van der Waals surface area contributed by atoms with Crippen LogP contribution in [0.1, 0.15) is 6.42 Å². The van der Waals surface area contributed by atoms with Crippen LogP contribution in [-0.2, 0) is 9.53 Å². The molecule has 1 unspecified atom stereocenters. The van der Waals surface area contributed by atoms with Crippen molar-refractivity contribution in [2.75, 3.05) is 13.7 Å². The summed E-state index contributed by atoms with van der Waals surface area (Å²) < 4.78 is 4.57. The third-order valence-electron chi connectivity index (χ3n) is 1.28. The number of methoxy groups -OCH3 is 1. The molecule has 10 heavy (non-hydrogen) atoms. The highest BCUT2D eigenvalue weighted by Gasteiger charge is 2.19. The molecule has 0 saturated heterocycles. The van der Waals surface area contributed by atoms with Crippen molar-refractivity contribution in [3.8, 4) is 0 Å². The summed E-state index contributed by atoms with van der Waals surface area (Å²) in [7, 11) is 1.41. The molecule has 1 heterocycles. The lowest BCUT2D eigenvalue weighted by Crippen LogP contribution is -2.21. The molecule has 0 N–H and O–H groups in total. The summed E-state index contributed by atoms with van der Waals surface area (Å²) in [4.78, 5) is 14.8. The SMILES string of the molecule is COC(=O)C1CCN=CS1. The van der Waals surface area contributed by atoms with E-state index < -0.39 is 0 Å². The minimum atomic E-state index is -0.142. The van der Waals surface area contributed by atoms with Gasteiger partial charge in [-0.3, -0.25) is 9.79 Å². The molecule has 0 spiro atoms. The summed E-state index contributed by atoms with van der Waals surface area (Å²) in [5.41, 5.74) is 1.71. The highest BCUT2D eigenvalue weighted by Crippen LogP contribution is 2.17. The van der Waals surface area contributed by atoms with Gasteiger partial charge in [-0.1, -0.05) is 11.8 Å². The first-order valence-corrected chi connectivity index (χ1v) is 4.00. The topological polar surface area (TPSA) is 38.7 Å². The number of thioether (sulfide) groups is 1. The van der Waals surface area contributed by atoms with E-state index in [0.29, 0.717) is 0 Å². The van der Waals surface area contributed by atoms with Crippen molar-refractivity contribution in [1.29, 1.82) is 0 Å². The van der Waals surface area contributed by atoms with Crippen LogP contribution in [0.25, 0.3) is 0 Å². The number of hydrogen-bond acceptors (Lipinski definition) is 4. The first-order valence-electron chi connectivity index (χ1n) is 3.06. The number of carbonyl (C=O) groups is 1. The zero-order chi connectivity index (χ0) is 7.40. The summed E-state index contributed by atoms with van der Waals surface area (Å²) >= 11 is 1.43. The van der Waals surface area contributed by atoms with Crippen molar-refractivity contribution in [1.82, 2.24) is 0 Å². The molecule has 1 aliphatic rings. The molecule has 1 rings (SSSR count). The van der Waals surface area contributed by atoms with Gasteiger partial charge in [0.05, 0.1) is 12.7 Å². The molecule has 0 fully saturated rings. The van der Waals surface area contributed by atoms with Gasteiger partial charge in [0.25, 0.3) is 0 Å². The highest BCUT2D eigenvalue weighted by atomic mass is 32.2. The Morgan fingerprint density at radius 2 is 2.70 bits per heavy atom. The zero-order valence-electron chi connectivity index (χ0n) is 5.74. The minimum absolute atomic E-state index is 0.0255. The van der Waals surface area contributed by atoms with E-state index in [1.807, 2.05) is 0 Å². The van der Waals surface area contributed by atoms with Crippen molar-refractivity contribution in [2.45, 2.75) is 11.7 Å². The summed E-state index contributed by atoms with van der Waals surface area (Å²) in [5, 5.41) is -0.0255. The normalized spacial score (nSPS) is 24.3. The first-order chi connectivity index (χ1) is 4.84. The van der Waals surface area contributed by atoms with E-state index in [1.54, 1.807) is 5.55 Å². The monoisotopic (exact) mass is 159 g/mol. The number of nitrogens with zero attached hydrogens (tertiary/aromatic N) is 1. The largest absolute Gasteiger partial charge is 0.468 e. The Morgan fingerprint density at radius 3 is 3.20 bits per heavy atom. The lowest BCUT2D eigenvalue weighted by Gasteiger charge is -2.12. The molecule has 0 aliphatic carbocycles. The Bertz CT molecular complexity index is 158. The standard InChI is InChI=1S/C6H9NO2S/c1-9-6(8)5-2-3-7-4-10-5/h4-5H,2-3H2,1H3. The number of aliphatic imine (C=N–C) groups is 1. The third-order valence-corrected chi connectivity index (χ3v) is 2.31. The van der Waals surface area contributed by atoms with E-state index >= 15 is 0 Å². The Balaban J connectivity index is 2.41. The lowest BCUT2D eigenvalue weighted by molar-refractivity contribution is -0.140. The van der Waals surface area contributed by atoms with Crippen LogP contribution in [0.5, 0.6) is 0 Å². The molecule has 1 atom stereocenters. The maximum atomic E-state index is 10.9. The van der Waals surface area contributed by atoms with Gasteiger partial charge in [0.2, 0.25) is 0 Å². The van der Waals surface area contributed by atoms with Gasteiger partial charge < -0.3 is 4.74 Å². The van der Waals surface area contributed by atoms with E-state index in [-0.39, 0.29) is 11.2 Å². The number of ether oxygens (including phenoxy) is 1. The molecule has 4 heteroatoms. The fourth-order valence-corrected chi connectivity index (χ4v) is 1.52. The number of rotatable bonds is 1. The van der Waals surface area contributed by atoms with Crippen LogP contribution in [0.2, 0.25) is 0 Å². The Labute approximate surface area is 63.9 Å². The van der Waals surface area contributed by atoms with E-state index in [9.17, 15) is 4.79 Å². The van der Waals surface area contributed by atoms with Crippen LogP contribution < -0.4 is 0 Å². The van der Waals surface area contributed by atoms with Crippen molar-refractivity contribution in [3.63, 3.8) is 0 Å². The molecule has 1 aliphatic heterocycles. The fraction of sp³-hybridized carbons (Fsp3) is 0.667. The predicted octanol–water partition coefficient (Wildman–Crippen LogP) is 0.693. The minimum Gasteiger partial charge on any atom is -0.468 e. The molecule has 0 radical (unpaired) electrons. The molecule has 0 aromatic heterocycles. The summed E-state index contributed by atoms with van der Waals surface area (Å²) in [6.07, 6.45) is 0.799. The number of esters is 1. The quantitative estimate of drug-likeness (QED) is 0.528. The maximum Gasteiger partial charge on any atom is 0.319 e. The molecular formula is C6H9NO2S. The second kappa shape index (κ2) is 3.61. The van der Waals surface area contributed by atoms with Crippen LogP contribution in [-0.4, -0.2) is 30.4 Å². The van der Waals surface area contributed by atoms with Crippen LogP contribution in [0, 0.1) is 0 Å². The third kappa shape index (κ3) is 1.73. The summed E-state index contributed by atoms with van der Waals surface area (Å²) in [6, 6.07) is 0. The van der Waals surface area contributed by atoms with E-state index in [2.05, 4.69) is 9.73 Å². The van der Waals surface area contributed by atoms with Crippen molar-refractivity contribution < 1.29 is 9.53 Å². The van der Waals surface area contributed by atoms with Gasteiger partial charge in [-0.15, -0.1) is 0 Å². The molecule has 0 amide bonds. The predicted molar refractivity (Wildman–Crippen MR) is 41.4 cm³/mol. The van der Waals surface area contributed by atoms with E-state index in [0.717, 1.165) is 13.0 Å². The van der Waals surface area contributed by atoms with Crippen molar-refractivity contribution in [2.24, 2.45) is 4.99 Å². The van der Waals surface area contributed by atoms with E-state index in [4.69, 9.17) is 0 Å². The Kier molecular flexibility index (Phi) is 2.74. The zero-order valence-corrected chi connectivity index (χ0v) is 6.56. The molecule has 0 aromatic carbocycles. The average molecular weight is 159 g/mol. The molecule has 0 bridgehead atoms. The Hall–Kier alpha value is -0.510. The second-order valence-corrected chi connectivity index (χ2v) is 3.00. The average Bonchev–Trinajstić information content (AvgIpc) is 2.05.